The lowest BCUT2D eigenvalue weighted by Crippen LogP contribution is -2.46. The second-order valence-corrected chi connectivity index (χ2v) is 6.25. The average molecular weight is 277 g/mol. The molecule has 0 aliphatic carbocycles. The number of nitrogens with zero attached hydrogens (tertiary/aromatic N) is 1. The van der Waals surface area contributed by atoms with Gasteiger partial charge in [-0.1, -0.05) is 20.3 Å². The van der Waals surface area contributed by atoms with E-state index in [0.717, 1.165) is 25.9 Å². The van der Waals surface area contributed by atoms with Crippen LogP contribution in [0.2, 0.25) is 0 Å². The third kappa shape index (κ3) is 3.26. The monoisotopic (exact) mass is 277 g/mol. The van der Waals surface area contributed by atoms with Gasteiger partial charge in [-0.15, -0.1) is 0 Å². The number of piperidine rings is 1. The van der Waals surface area contributed by atoms with E-state index >= 15 is 0 Å². The standard InChI is InChI=1S/C17H24FNO/c1-4-17(3)9-11-19(12-10-17)13(2)16(20)14-5-7-15(18)8-6-14/h5-8,13H,4,9-12H2,1-3H3. The number of benzene rings is 1. The molecule has 0 radical (unpaired) electrons. The van der Waals surface area contributed by atoms with Crippen LogP contribution in [0.25, 0.3) is 0 Å². The molecule has 1 atom stereocenters. The highest BCUT2D eigenvalue weighted by Gasteiger charge is 2.32. The summed E-state index contributed by atoms with van der Waals surface area (Å²) in [6.07, 6.45) is 3.48. The maximum Gasteiger partial charge on any atom is 0.179 e. The summed E-state index contributed by atoms with van der Waals surface area (Å²) >= 11 is 0. The molecule has 0 bridgehead atoms. The van der Waals surface area contributed by atoms with Gasteiger partial charge in [-0.3, -0.25) is 9.69 Å². The van der Waals surface area contributed by atoms with E-state index in [1.165, 1.54) is 18.6 Å². The van der Waals surface area contributed by atoms with Crippen LogP contribution in [0, 0.1) is 11.2 Å². The van der Waals surface area contributed by atoms with Crippen molar-refractivity contribution in [1.82, 2.24) is 4.90 Å². The first-order chi connectivity index (χ1) is 9.45. The minimum Gasteiger partial charge on any atom is -0.293 e. The van der Waals surface area contributed by atoms with Crippen LogP contribution in [0.15, 0.2) is 24.3 Å². The fraction of sp³-hybridized carbons (Fsp3) is 0.588. The molecule has 0 saturated carbocycles. The van der Waals surface area contributed by atoms with Crippen molar-refractivity contribution in [3.63, 3.8) is 0 Å². The van der Waals surface area contributed by atoms with Crippen molar-refractivity contribution >= 4 is 5.78 Å². The maximum atomic E-state index is 12.9. The van der Waals surface area contributed by atoms with Crippen molar-refractivity contribution in [2.75, 3.05) is 13.1 Å². The molecule has 1 aromatic carbocycles. The van der Waals surface area contributed by atoms with E-state index < -0.39 is 0 Å². The van der Waals surface area contributed by atoms with Crippen LogP contribution >= 0.6 is 0 Å². The van der Waals surface area contributed by atoms with Gasteiger partial charge in [0, 0.05) is 5.56 Å². The number of likely N-dealkylation sites (tertiary alicyclic amines) is 1. The van der Waals surface area contributed by atoms with Gasteiger partial charge in [0.25, 0.3) is 0 Å². The molecule has 1 aromatic rings. The molecule has 2 nitrogen and oxygen atoms in total. The Hall–Kier alpha value is -1.22. The first kappa shape index (κ1) is 15.2. The normalized spacial score (nSPS) is 20.6. The van der Waals surface area contributed by atoms with E-state index in [1.54, 1.807) is 12.1 Å². The summed E-state index contributed by atoms with van der Waals surface area (Å²) in [5, 5.41) is 0. The maximum absolute atomic E-state index is 12.9. The minimum atomic E-state index is -0.300. The molecule has 3 heteroatoms. The zero-order valence-electron chi connectivity index (χ0n) is 12.7. The van der Waals surface area contributed by atoms with Crippen LogP contribution in [-0.4, -0.2) is 29.8 Å². The summed E-state index contributed by atoms with van der Waals surface area (Å²) in [5.74, 6) is -0.212. The highest BCUT2D eigenvalue weighted by molar-refractivity contribution is 5.99. The Morgan fingerprint density at radius 1 is 1.30 bits per heavy atom. The summed E-state index contributed by atoms with van der Waals surface area (Å²) in [5.41, 5.74) is 1.03. The Morgan fingerprint density at radius 2 is 1.85 bits per heavy atom. The van der Waals surface area contributed by atoms with E-state index in [2.05, 4.69) is 18.7 Å². The van der Waals surface area contributed by atoms with Gasteiger partial charge in [0.05, 0.1) is 6.04 Å². The minimum absolute atomic E-state index is 0.0881. The van der Waals surface area contributed by atoms with Gasteiger partial charge in [0.1, 0.15) is 5.82 Å². The lowest BCUT2D eigenvalue weighted by molar-refractivity contribution is 0.0642. The van der Waals surface area contributed by atoms with Crippen LogP contribution < -0.4 is 0 Å². The van der Waals surface area contributed by atoms with E-state index in [1.807, 2.05) is 6.92 Å². The van der Waals surface area contributed by atoms with Crippen molar-refractivity contribution in [1.29, 1.82) is 0 Å². The Balaban J connectivity index is 2.00. The quantitative estimate of drug-likeness (QED) is 0.778. The molecule has 1 heterocycles. The summed E-state index contributed by atoms with van der Waals surface area (Å²) in [6, 6.07) is 5.74. The molecule has 0 aromatic heterocycles. The number of carbonyl (C=O) groups is 1. The van der Waals surface area contributed by atoms with Crippen molar-refractivity contribution in [3.05, 3.63) is 35.6 Å². The second-order valence-electron chi connectivity index (χ2n) is 6.25. The third-order valence-electron chi connectivity index (χ3n) is 4.91. The Kier molecular flexibility index (Phi) is 4.59. The molecule has 1 fully saturated rings. The summed E-state index contributed by atoms with van der Waals surface area (Å²) in [4.78, 5) is 14.7. The summed E-state index contributed by atoms with van der Waals surface area (Å²) < 4.78 is 12.9. The molecule has 110 valence electrons. The summed E-state index contributed by atoms with van der Waals surface area (Å²) in [7, 11) is 0. The molecule has 1 saturated heterocycles. The SMILES string of the molecule is CCC1(C)CCN(C(C)C(=O)c2ccc(F)cc2)CC1. The predicted octanol–water partition coefficient (Wildman–Crippen LogP) is 3.91. The molecular formula is C17H24FNO. The van der Waals surface area contributed by atoms with Crippen LogP contribution in [0.3, 0.4) is 0 Å². The number of ketones is 1. The van der Waals surface area contributed by atoms with Gasteiger partial charge < -0.3 is 0 Å². The smallest absolute Gasteiger partial charge is 0.179 e. The van der Waals surface area contributed by atoms with Gasteiger partial charge >= 0.3 is 0 Å². The first-order valence-electron chi connectivity index (χ1n) is 7.49. The van der Waals surface area contributed by atoms with Crippen LogP contribution in [0.5, 0.6) is 0 Å². The zero-order valence-corrected chi connectivity index (χ0v) is 12.7. The van der Waals surface area contributed by atoms with E-state index in [-0.39, 0.29) is 17.6 Å². The lowest BCUT2D eigenvalue weighted by atomic mass is 9.78. The lowest BCUT2D eigenvalue weighted by Gasteiger charge is -2.41. The molecule has 0 spiro atoms. The van der Waals surface area contributed by atoms with E-state index in [4.69, 9.17) is 0 Å². The Morgan fingerprint density at radius 3 is 2.35 bits per heavy atom. The van der Waals surface area contributed by atoms with Crippen molar-refractivity contribution in [3.8, 4) is 0 Å². The highest BCUT2D eigenvalue weighted by Crippen LogP contribution is 2.34. The molecule has 20 heavy (non-hydrogen) atoms. The van der Waals surface area contributed by atoms with Gasteiger partial charge in [-0.2, -0.15) is 0 Å². The number of hydrogen-bond donors (Lipinski definition) is 0. The van der Waals surface area contributed by atoms with Crippen molar-refractivity contribution in [2.45, 2.75) is 46.1 Å². The molecule has 0 amide bonds. The largest absolute Gasteiger partial charge is 0.293 e. The number of Topliss-reactive ketones (excluding diaryl/α,β-unsaturated/α-hetero) is 1. The number of hydrogen-bond acceptors (Lipinski definition) is 2. The molecule has 0 N–H and O–H groups in total. The predicted molar refractivity (Wildman–Crippen MR) is 79.4 cm³/mol. The van der Waals surface area contributed by atoms with Crippen molar-refractivity contribution < 1.29 is 9.18 Å². The Bertz CT molecular complexity index is 460. The average Bonchev–Trinajstić information content (AvgIpc) is 2.47. The Labute approximate surface area is 121 Å². The zero-order chi connectivity index (χ0) is 14.8. The van der Waals surface area contributed by atoms with Crippen LogP contribution in [0.1, 0.15) is 50.4 Å². The topological polar surface area (TPSA) is 20.3 Å². The fourth-order valence-electron chi connectivity index (χ4n) is 2.83. The van der Waals surface area contributed by atoms with Gasteiger partial charge in [-0.25, -0.2) is 4.39 Å². The second kappa shape index (κ2) is 6.04. The summed E-state index contributed by atoms with van der Waals surface area (Å²) in [6.45, 7) is 8.47. The molecule has 1 unspecified atom stereocenters. The first-order valence-corrected chi connectivity index (χ1v) is 7.49. The van der Waals surface area contributed by atoms with E-state index in [0.29, 0.717) is 11.0 Å². The molecular weight excluding hydrogens is 253 g/mol. The number of halogens is 1. The molecule has 1 aliphatic rings. The number of rotatable bonds is 4. The van der Waals surface area contributed by atoms with Gasteiger partial charge in [0.15, 0.2) is 5.78 Å². The fourth-order valence-corrected chi connectivity index (χ4v) is 2.83. The van der Waals surface area contributed by atoms with Gasteiger partial charge in [0.2, 0.25) is 0 Å². The van der Waals surface area contributed by atoms with Gasteiger partial charge in [-0.05, 0) is 62.5 Å². The van der Waals surface area contributed by atoms with Crippen molar-refractivity contribution in [2.24, 2.45) is 5.41 Å². The molecule has 1 aliphatic heterocycles. The third-order valence-corrected chi connectivity index (χ3v) is 4.91. The molecule has 2 rings (SSSR count). The van der Waals surface area contributed by atoms with Crippen LogP contribution in [0.4, 0.5) is 4.39 Å². The highest BCUT2D eigenvalue weighted by atomic mass is 19.1. The number of carbonyl (C=O) groups excluding carboxylic acids is 1. The van der Waals surface area contributed by atoms with Crippen LogP contribution in [-0.2, 0) is 0 Å². The van der Waals surface area contributed by atoms with E-state index in [9.17, 15) is 9.18 Å².